The lowest BCUT2D eigenvalue weighted by atomic mass is 9.33. The summed E-state index contributed by atoms with van der Waals surface area (Å²) in [7, 11) is 0. The van der Waals surface area contributed by atoms with Crippen LogP contribution in [-0.2, 0) is 16.0 Å². The number of amides is 1. The van der Waals surface area contributed by atoms with Crippen LogP contribution in [0.1, 0.15) is 112 Å². The van der Waals surface area contributed by atoms with E-state index in [0.29, 0.717) is 24.7 Å². The molecule has 236 valence electrons. The van der Waals surface area contributed by atoms with Gasteiger partial charge in [0.15, 0.2) is 5.78 Å². The van der Waals surface area contributed by atoms with Gasteiger partial charge in [0, 0.05) is 17.9 Å². The molecule has 0 radical (unpaired) electrons. The van der Waals surface area contributed by atoms with Crippen LogP contribution < -0.4 is 5.32 Å². The number of halogens is 1. The number of nitrogens with one attached hydrogen (secondary N) is 1. The van der Waals surface area contributed by atoms with E-state index in [1.165, 1.54) is 17.7 Å². The lowest BCUT2D eigenvalue weighted by Crippen LogP contribution is -2.66. The Morgan fingerprint density at radius 3 is 2.30 bits per heavy atom. The van der Waals surface area contributed by atoms with Gasteiger partial charge in [0.2, 0.25) is 5.91 Å². The lowest BCUT2D eigenvalue weighted by Gasteiger charge is -2.70. The number of carbonyl (C=O) groups excluding carboxylic acids is 2. The third-order valence-electron chi connectivity index (χ3n) is 14.7. The first-order valence-corrected chi connectivity index (χ1v) is 17.0. The second kappa shape index (κ2) is 9.99. The Morgan fingerprint density at radius 2 is 1.60 bits per heavy atom. The maximum atomic E-state index is 14.5. The topological polar surface area (TPSA) is 66.4 Å². The zero-order valence-electron chi connectivity index (χ0n) is 27.6. The molecule has 0 aliphatic heterocycles. The Morgan fingerprint density at radius 1 is 0.930 bits per heavy atom. The number of rotatable bonds is 4. The molecule has 0 bridgehead atoms. The van der Waals surface area contributed by atoms with Gasteiger partial charge in [0.25, 0.3) is 0 Å². The van der Waals surface area contributed by atoms with E-state index in [4.69, 9.17) is 0 Å². The molecule has 5 heteroatoms. The molecule has 2 N–H and O–H groups in total. The van der Waals surface area contributed by atoms with Crippen LogP contribution in [0.2, 0.25) is 0 Å². The monoisotopic (exact) mass is 591 g/mol. The molecule has 1 aromatic carbocycles. The first-order valence-electron chi connectivity index (χ1n) is 17.0. The number of hydrogen-bond acceptors (Lipinski definition) is 3. The van der Waals surface area contributed by atoms with Crippen LogP contribution in [0.5, 0.6) is 0 Å². The Labute approximate surface area is 258 Å². The van der Waals surface area contributed by atoms with Crippen LogP contribution in [0.4, 0.5) is 4.39 Å². The first-order chi connectivity index (χ1) is 20.0. The van der Waals surface area contributed by atoms with Gasteiger partial charge in [-0.1, -0.05) is 66.2 Å². The fraction of sp³-hybridized carbons (Fsp3) is 0.737. The molecule has 0 saturated heterocycles. The van der Waals surface area contributed by atoms with Gasteiger partial charge in [-0.2, -0.15) is 0 Å². The predicted molar refractivity (Wildman–Crippen MR) is 169 cm³/mol. The fourth-order valence-electron chi connectivity index (χ4n) is 11.6. The SMILES string of the molecule is CC1(C)C2CC[C@]3(C)[C@H](C(=O)C=C4[C@H]5C[C@@](C)(C(=O)NCCc6ccc(F)cc6)CC[C@]5(C)CC[C@]43C)[C@@]2(C)CC[C@@H]1O. The predicted octanol–water partition coefficient (Wildman–Crippen LogP) is 7.83. The zero-order valence-corrected chi connectivity index (χ0v) is 27.6. The number of benzene rings is 1. The van der Waals surface area contributed by atoms with E-state index >= 15 is 0 Å². The Bertz CT molecular complexity index is 1330. The van der Waals surface area contributed by atoms with Crippen LogP contribution >= 0.6 is 0 Å². The van der Waals surface area contributed by atoms with Crippen LogP contribution in [0.15, 0.2) is 35.9 Å². The van der Waals surface area contributed by atoms with E-state index in [9.17, 15) is 19.1 Å². The summed E-state index contributed by atoms with van der Waals surface area (Å²) in [6, 6.07) is 6.50. The quantitative estimate of drug-likeness (QED) is 0.375. The summed E-state index contributed by atoms with van der Waals surface area (Å²) in [6.07, 6.45) is 11.0. The van der Waals surface area contributed by atoms with Crippen molar-refractivity contribution in [1.82, 2.24) is 5.32 Å². The van der Waals surface area contributed by atoms with Crippen molar-refractivity contribution in [2.45, 2.75) is 119 Å². The second-order valence-corrected chi connectivity index (χ2v) is 17.3. The number of aliphatic hydroxyl groups is 1. The van der Waals surface area contributed by atoms with E-state index in [2.05, 4.69) is 59.9 Å². The van der Waals surface area contributed by atoms with Crippen molar-refractivity contribution in [2.75, 3.05) is 6.54 Å². The molecule has 4 saturated carbocycles. The average molecular weight is 592 g/mol. The lowest BCUT2D eigenvalue weighted by molar-refractivity contribution is -0.202. The Hall–Kier alpha value is -2.01. The van der Waals surface area contributed by atoms with Gasteiger partial charge < -0.3 is 10.4 Å². The molecule has 43 heavy (non-hydrogen) atoms. The van der Waals surface area contributed by atoms with Crippen LogP contribution in [0.25, 0.3) is 0 Å². The third-order valence-corrected chi connectivity index (χ3v) is 14.7. The maximum absolute atomic E-state index is 14.5. The van der Waals surface area contributed by atoms with Crippen molar-refractivity contribution < 1.29 is 19.1 Å². The highest BCUT2D eigenvalue weighted by Crippen LogP contribution is 2.75. The summed E-state index contributed by atoms with van der Waals surface area (Å²) in [5.74, 6) is 0.665. The van der Waals surface area contributed by atoms with Crippen molar-refractivity contribution in [2.24, 2.45) is 50.2 Å². The smallest absolute Gasteiger partial charge is 0.225 e. The summed E-state index contributed by atoms with van der Waals surface area (Å²) in [5.41, 5.74) is 1.42. The van der Waals surface area contributed by atoms with E-state index in [0.717, 1.165) is 63.4 Å². The number of fused-ring (bicyclic) bond motifs is 7. The first kappa shape index (κ1) is 31.0. The summed E-state index contributed by atoms with van der Waals surface area (Å²) in [5, 5.41) is 14.2. The molecule has 0 aromatic heterocycles. The molecule has 6 rings (SSSR count). The highest BCUT2D eigenvalue weighted by atomic mass is 19.1. The summed E-state index contributed by atoms with van der Waals surface area (Å²) in [4.78, 5) is 28.3. The Balaban J connectivity index is 1.28. The van der Waals surface area contributed by atoms with Crippen LogP contribution in [0, 0.1) is 56.1 Å². The van der Waals surface area contributed by atoms with E-state index in [-0.39, 0.29) is 56.7 Å². The van der Waals surface area contributed by atoms with E-state index < -0.39 is 5.41 Å². The average Bonchev–Trinajstić information content (AvgIpc) is 2.94. The molecule has 4 fully saturated rings. The molecule has 0 heterocycles. The minimum Gasteiger partial charge on any atom is -0.393 e. The highest BCUT2D eigenvalue weighted by Gasteiger charge is 2.70. The standard InChI is InChI=1S/C38H54FNO3/c1-33(2)29-12-16-38(7)31(36(29,5)15-13-30(33)42)28(41)22-26-27-23-35(4,18-17-34(27,3)19-20-37(26,38)6)32(43)40-21-14-24-8-10-25(39)11-9-24/h8-11,22,27,29-31,42H,12-21,23H2,1-7H3,(H,40,43)/t27-,29?,30+,31-,34-,35+,36+,37-,38-/m1/s1. The van der Waals surface area contributed by atoms with E-state index in [1.807, 2.05) is 0 Å². The number of hydrogen-bond donors (Lipinski definition) is 2. The summed E-state index contributed by atoms with van der Waals surface area (Å²) >= 11 is 0. The van der Waals surface area contributed by atoms with Crippen LogP contribution in [0.3, 0.4) is 0 Å². The molecule has 4 nitrogen and oxygen atoms in total. The molecular weight excluding hydrogens is 537 g/mol. The maximum Gasteiger partial charge on any atom is 0.225 e. The molecule has 0 spiro atoms. The number of ketones is 1. The number of carbonyl (C=O) groups is 2. The molecule has 1 aromatic rings. The molecule has 5 aliphatic carbocycles. The molecular formula is C38H54FNO3. The van der Waals surface area contributed by atoms with Gasteiger partial charge in [-0.25, -0.2) is 4.39 Å². The minimum absolute atomic E-state index is 0.0339. The molecule has 1 unspecified atom stereocenters. The number of allylic oxidation sites excluding steroid dienone is 2. The van der Waals surface area contributed by atoms with Crippen molar-refractivity contribution in [3.63, 3.8) is 0 Å². The van der Waals surface area contributed by atoms with Crippen LogP contribution in [-0.4, -0.2) is 29.4 Å². The van der Waals surface area contributed by atoms with E-state index in [1.54, 1.807) is 12.1 Å². The third kappa shape index (κ3) is 4.44. The largest absolute Gasteiger partial charge is 0.393 e. The minimum atomic E-state index is -0.486. The molecule has 1 amide bonds. The van der Waals surface area contributed by atoms with Gasteiger partial charge >= 0.3 is 0 Å². The summed E-state index contributed by atoms with van der Waals surface area (Å²) in [6.45, 7) is 16.8. The van der Waals surface area contributed by atoms with Crippen molar-refractivity contribution >= 4 is 11.7 Å². The van der Waals surface area contributed by atoms with Crippen molar-refractivity contribution in [3.05, 3.63) is 47.3 Å². The normalized spacial score (nSPS) is 45.1. The van der Waals surface area contributed by atoms with Crippen molar-refractivity contribution in [3.8, 4) is 0 Å². The Kier molecular flexibility index (Phi) is 7.20. The number of aliphatic hydroxyl groups excluding tert-OH is 1. The zero-order chi connectivity index (χ0) is 31.2. The van der Waals surface area contributed by atoms with Gasteiger partial charge in [-0.3, -0.25) is 9.59 Å². The van der Waals surface area contributed by atoms with Gasteiger partial charge in [0.1, 0.15) is 5.82 Å². The van der Waals surface area contributed by atoms with Gasteiger partial charge in [0.05, 0.1) is 6.10 Å². The second-order valence-electron chi connectivity index (χ2n) is 17.3. The van der Waals surface area contributed by atoms with Crippen molar-refractivity contribution in [1.29, 1.82) is 0 Å². The highest BCUT2D eigenvalue weighted by molar-refractivity contribution is 5.95. The molecule has 9 atom stereocenters. The van der Waals surface area contributed by atoms with Gasteiger partial charge in [-0.15, -0.1) is 0 Å². The summed E-state index contributed by atoms with van der Waals surface area (Å²) < 4.78 is 13.3. The van der Waals surface area contributed by atoms with Gasteiger partial charge in [-0.05, 0) is 127 Å². The fourth-order valence-corrected chi connectivity index (χ4v) is 11.6. The molecule has 5 aliphatic rings.